The van der Waals surface area contributed by atoms with E-state index in [0.717, 1.165) is 21.5 Å². The Bertz CT molecular complexity index is 2260. The molecular weight excluding hydrogens is 655 g/mol. The predicted octanol–water partition coefficient (Wildman–Crippen LogP) is 12.3. The maximum atomic E-state index is 12.9. The Morgan fingerprint density at radius 2 is 0.804 bits per heavy atom. The highest BCUT2D eigenvalue weighted by atomic mass is 19.2. The summed E-state index contributed by atoms with van der Waals surface area (Å²) in [6.45, 7) is 6.69. The first kappa shape index (κ1) is 35.1. The number of phenols is 2. The van der Waals surface area contributed by atoms with Crippen LogP contribution in [-0.2, 0) is 5.41 Å². The Kier molecular flexibility index (Phi) is 9.58. The molecule has 2 N–H and O–H groups in total. The first-order valence-electron chi connectivity index (χ1n) is 16.7. The minimum atomic E-state index is -2.12. The van der Waals surface area contributed by atoms with Crippen LogP contribution in [0.25, 0.3) is 32.7 Å². The molecular formula is C44H35F5O2. The molecule has 0 fully saturated rings. The van der Waals surface area contributed by atoms with Crippen molar-refractivity contribution in [2.75, 3.05) is 0 Å². The molecule has 7 heteroatoms. The quantitative estimate of drug-likeness (QED) is 0.110. The molecule has 0 atom stereocenters. The van der Waals surface area contributed by atoms with Crippen molar-refractivity contribution in [3.63, 3.8) is 0 Å². The summed E-state index contributed by atoms with van der Waals surface area (Å²) in [5.41, 5.74) is 6.12. The average Bonchev–Trinajstić information content (AvgIpc) is 3.45. The van der Waals surface area contributed by atoms with Gasteiger partial charge in [-0.1, -0.05) is 113 Å². The molecule has 2 nitrogen and oxygen atoms in total. The molecule has 0 heterocycles. The number of hydrogen-bond donors (Lipinski definition) is 2. The van der Waals surface area contributed by atoms with E-state index in [9.17, 15) is 32.2 Å². The molecule has 0 radical (unpaired) electrons. The normalized spacial score (nSPS) is 12.5. The maximum Gasteiger partial charge on any atom is 0.200 e. The van der Waals surface area contributed by atoms with Gasteiger partial charge in [-0.15, -0.1) is 0 Å². The van der Waals surface area contributed by atoms with Gasteiger partial charge in [0.15, 0.2) is 23.3 Å². The average molecular weight is 691 g/mol. The molecule has 0 unspecified atom stereocenters. The Balaban J connectivity index is 0.000000237. The van der Waals surface area contributed by atoms with Crippen LogP contribution in [-0.4, -0.2) is 10.2 Å². The van der Waals surface area contributed by atoms with Crippen molar-refractivity contribution < 1.29 is 32.2 Å². The second-order valence-electron chi connectivity index (χ2n) is 12.5. The molecule has 0 aromatic heterocycles. The molecule has 7 aromatic carbocycles. The van der Waals surface area contributed by atoms with Crippen molar-refractivity contribution >= 4 is 21.5 Å². The number of rotatable bonds is 3. The van der Waals surface area contributed by atoms with E-state index in [1.165, 1.54) is 47.2 Å². The van der Waals surface area contributed by atoms with Crippen molar-refractivity contribution in [3.05, 3.63) is 178 Å². The zero-order valence-electron chi connectivity index (χ0n) is 28.4. The Hall–Kier alpha value is -5.69. The van der Waals surface area contributed by atoms with Crippen molar-refractivity contribution in [1.29, 1.82) is 0 Å². The monoisotopic (exact) mass is 690 g/mol. The Morgan fingerprint density at radius 3 is 1.22 bits per heavy atom. The first-order chi connectivity index (χ1) is 24.5. The summed E-state index contributed by atoms with van der Waals surface area (Å²) in [7, 11) is 0. The van der Waals surface area contributed by atoms with Crippen molar-refractivity contribution in [1.82, 2.24) is 0 Å². The van der Waals surface area contributed by atoms with E-state index in [1.807, 2.05) is 38.1 Å². The van der Waals surface area contributed by atoms with E-state index in [2.05, 4.69) is 84.9 Å². The zero-order chi connectivity index (χ0) is 36.6. The molecule has 8 rings (SSSR count). The minimum absolute atomic E-state index is 0.273. The molecule has 1 aliphatic carbocycles. The van der Waals surface area contributed by atoms with Gasteiger partial charge in [-0.25, -0.2) is 22.0 Å². The van der Waals surface area contributed by atoms with Crippen LogP contribution in [0.15, 0.2) is 121 Å². The molecule has 1 aliphatic rings. The molecule has 258 valence electrons. The lowest BCUT2D eigenvalue weighted by Crippen LogP contribution is -2.28. The molecule has 0 saturated heterocycles. The van der Waals surface area contributed by atoms with Crippen molar-refractivity contribution in [2.45, 2.75) is 39.0 Å². The van der Waals surface area contributed by atoms with Crippen molar-refractivity contribution in [3.8, 4) is 22.6 Å². The topological polar surface area (TPSA) is 40.5 Å². The second-order valence-corrected chi connectivity index (χ2v) is 12.5. The van der Waals surface area contributed by atoms with Crippen LogP contribution in [0.5, 0.6) is 11.5 Å². The molecule has 7 aromatic rings. The highest BCUT2D eigenvalue weighted by Crippen LogP contribution is 2.56. The summed E-state index contributed by atoms with van der Waals surface area (Å²) < 4.78 is 63.6. The second kappa shape index (κ2) is 13.9. The molecule has 0 saturated carbocycles. The van der Waals surface area contributed by atoms with Crippen LogP contribution in [0, 0.1) is 29.1 Å². The van der Waals surface area contributed by atoms with Gasteiger partial charge in [-0.05, 0) is 97.2 Å². The summed E-state index contributed by atoms with van der Waals surface area (Å²) in [5.74, 6) is -9.64. The number of phenolic OH excluding ortho intramolecular Hbond substituents is 2. The van der Waals surface area contributed by atoms with Crippen LogP contribution in [0.4, 0.5) is 22.0 Å². The number of aromatic hydroxyl groups is 2. The smallest absolute Gasteiger partial charge is 0.200 e. The van der Waals surface area contributed by atoms with E-state index in [-0.39, 0.29) is 11.5 Å². The minimum Gasteiger partial charge on any atom is -0.508 e. The SMILES string of the molecule is CC.CC(C)c1c(F)c(F)c(F)c(F)c1F.Oc1ccc2cc(C3(c4ccc5cc(O)ccc5c4)c4ccccc4-c4ccccc43)ccc2c1. The summed E-state index contributed by atoms with van der Waals surface area (Å²) >= 11 is 0. The molecule has 0 aliphatic heterocycles. The van der Waals surface area contributed by atoms with E-state index in [0.29, 0.717) is 0 Å². The maximum absolute atomic E-state index is 12.9. The third-order valence-corrected chi connectivity index (χ3v) is 9.29. The lowest BCUT2D eigenvalue weighted by atomic mass is 9.67. The Morgan fingerprint density at radius 1 is 0.451 bits per heavy atom. The van der Waals surface area contributed by atoms with Gasteiger partial charge in [0.05, 0.1) is 5.41 Å². The molecule has 0 bridgehead atoms. The van der Waals surface area contributed by atoms with Gasteiger partial charge in [0.1, 0.15) is 11.5 Å². The van der Waals surface area contributed by atoms with Gasteiger partial charge in [0.2, 0.25) is 5.82 Å². The summed E-state index contributed by atoms with van der Waals surface area (Å²) in [5, 5.41) is 24.2. The van der Waals surface area contributed by atoms with Gasteiger partial charge >= 0.3 is 0 Å². The fraction of sp³-hybridized carbons (Fsp3) is 0.136. The zero-order valence-corrected chi connectivity index (χ0v) is 28.4. The predicted molar refractivity (Wildman–Crippen MR) is 194 cm³/mol. The third-order valence-electron chi connectivity index (χ3n) is 9.29. The number of halogens is 5. The van der Waals surface area contributed by atoms with Crippen molar-refractivity contribution in [2.24, 2.45) is 0 Å². The summed E-state index contributed by atoms with van der Waals surface area (Å²) in [4.78, 5) is 0. The van der Waals surface area contributed by atoms with Gasteiger partial charge in [0, 0.05) is 5.56 Å². The van der Waals surface area contributed by atoms with Crippen LogP contribution < -0.4 is 0 Å². The van der Waals surface area contributed by atoms with Crippen LogP contribution in [0.2, 0.25) is 0 Å². The highest BCUT2D eigenvalue weighted by Gasteiger charge is 2.46. The van der Waals surface area contributed by atoms with E-state index >= 15 is 0 Å². The fourth-order valence-corrected chi connectivity index (χ4v) is 7.09. The lowest BCUT2D eigenvalue weighted by Gasteiger charge is -2.34. The van der Waals surface area contributed by atoms with Crippen LogP contribution in [0.3, 0.4) is 0 Å². The highest BCUT2D eigenvalue weighted by molar-refractivity contribution is 5.92. The summed E-state index contributed by atoms with van der Waals surface area (Å²) in [6.07, 6.45) is 0. The van der Waals surface area contributed by atoms with Gasteiger partial charge in [0.25, 0.3) is 0 Å². The number of fused-ring (bicyclic) bond motifs is 5. The fourth-order valence-electron chi connectivity index (χ4n) is 7.09. The summed E-state index contributed by atoms with van der Waals surface area (Å²) in [6, 6.07) is 41.6. The van der Waals surface area contributed by atoms with Gasteiger partial charge in [-0.3, -0.25) is 0 Å². The van der Waals surface area contributed by atoms with Gasteiger partial charge in [-0.2, -0.15) is 0 Å². The van der Waals surface area contributed by atoms with E-state index in [1.54, 1.807) is 12.1 Å². The number of benzene rings is 7. The van der Waals surface area contributed by atoms with E-state index in [4.69, 9.17) is 0 Å². The van der Waals surface area contributed by atoms with E-state index < -0.39 is 46.0 Å². The largest absolute Gasteiger partial charge is 0.508 e. The molecule has 0 spiro atoms. The number of hydrogen-bond acceptors (Lipinski definition) is 2. The Labute approximate surface area is 293 Å². The van der Waals surface area contributed by atoms with Crippen LogP contribution in [0.1, 0.15) is 61.4 Å². The molecule has 0 amide bonds. The molecule has 51 heavy (non-hydrogen) atoms. The third kappa shape index (κ3) is 5.86. The standard InChI is InChI=1S/C33H22O2.C9H7F5.C2H6/c34-27-15-11-21-17-25(13-9-23(21)19-27)33(26-14-10-24-20-28(35)16-12-22(24)18-26)31-7-3-1-5-29(31)30-6-2-4-8-32(30)33;1-3(2)4-5(10)7(12)9(14)8(13)6(4)11;1-2/h1-20,34-35H;3H,1-2H3;1-2H3. The first-order valence-corrected chi connectivity index (χ1v) is 16.7. The van der Waals surface area contributed by atoms with Gasteiger partial charge < -0.3 is 10.2 Å². The van der Waals surface area contributed by atoms with Crippen LogP contribution >= 0.6 is 0 Å². The lowest BCUT2D eigenvalue weighted by molar-refractivity contribution is 0.366.